The van der Waals surface area contributed by atoms with Crippen molar-refractivity contribution < 1.29 is 14.1 Å². The molecule has 0 aliphatic carbocycles. The number of rotatable bonds is 6. The van der Waals surface area contributed by atoms with Crippen molar-refractivity contribution in [2.45, 2.75) is 31.6 Å². The third kappa shape index (κ3) is 6.10. The van der Waals surface area contributed by atoms with Gasteiger partial charge < -0.3 is 20.1 Å². The summed E-state index contributed by atoms with van der Waals surface area (Å²) in [4.78, 5) is 29.1. The van der Waals surface area contributed by atoms with Crippen LogP contribution >= 0.6 is 24.2 Å². The minimum absolute atomic E-state index is 0. The lowest BCUT2D eigenvalue weighted by atomic mass is 10.2. The highest BCUT2D eigenvalue weighted by atomic mass is 35.5. The SMILES string of the molecule is Cc1cc(NC(=O)C(C)SCC(=O)N2CCC(N3CCNCC3)C2)no1.Cl. The average molecular weight is 418 g/mol. The van der Waals surface area contributed by atoms with Crippen LogP contribution in [0.1, 0.15) is 19.1 Å². The van der Waals surface area contributed by atoms with Gasteiger partial charge in [0.2, 0.25) is 11.8 Å². The Bertz CT molecular complexity index is 638. The van der Waals surface area contributed by atoms with Crippen molar-refractivity contribution in [2.24, 2.45) is 0 Å². The molecule has 2 atom stereocenters. The van der Waals surface area contributed by atoms with Gasteiger partial charge in [-0.1, -0.05) is 5.16 Å². The van der Waals surface area contributed by atoms with Crippen molar-refractivity contribution in [1.82, 2.24) is 20.3 Å². The van der Waals surface area contributed by atoms with Gasteiger partial charge in [0.1, 0.15) is 5.76 Å². The molecule has 0 saturated carbocycles. The van der Waals surface area contributed by atoms with Gasteiger partial charge in [0.05, 0.1) is 11.0 Å². The van der Waals surface area contributed by atoms with Crippen LogP contribution in [0.3, 0.4) is 0 Å². The zero-order valence-corrected chi connectivity index (χ0v) is 17.4. The molecule has 2 fully saturated rings. The molecule has 2 aliphatic heterocycles. The number of hydrogen-bond donors (Lipinski definition) is 2. The molecule has 8 nitrogen and oxygen atoms in total. The Kier molecular flexibility index (Phi) is 8.40. The summed E-state index contributed by atoms with van der Waals surface area (Å²) in [5.74, 6) is 1.31. The fourth-order valence-corrected chi connectivity index (χ4v) is 4.12. The van der Waals surface area contributed by atoms with Gasteiger partial charge in [-0.15, -0.1) is 24.2 Å². The van der Waals surface area contributed by atoms with E-state index in [0.29, 0.717) is 23.4 Å². The predicted octanol–water partition coefficient (Wildman–Crippen LogP) is 0.971. The van der Waals surface area contributed by atoms with E-state index in [0.717, 1.165) is 45.7 Å². The monoisotopic (exact) mass is 417 g/mol. The maximum Gasteiger partial charge on any atom is 0.238 e. The van der Waals surface area contributed by atoms with Gasteiger partial charge >= 0.3 is 0 Å². The number of hydrogen-bond acceptors (Lipinski definition) is 7. The van der Waals surface area contributed by atoms with E-state index in [1.165, 1.54) is 11.8 Å². The summed E-state index contributed by atoms with van der Waals surface area (Å²) in [6.45, 7) is 9.35. The van der Waals surface area contributed by atoms with Crippen LogP contribution in [0.25, 0.3) is 0 Å². The molecule has 10 heteroatoms. The maximum atomic E-state index is 12.5. The molecule has 1 aromatic heterocycles. The normalized spacial score (nSPS) is 21.6. The second kappa shape index (κ2) is 10.3. The lowest BCUT2D eigenvalue weighted by Gasteiger charge is -2.32. The minimum atomic E-state index is -0.331. The Morgan fingerprint density at radius 1 is 1.41 bits per heavy atom. The van der Waals surface area contributed by atoms with Crippen LogP contribution in [0.15, 0.2) is 10.6 Å². The number of carbonyl (C=O) groups excluding carboxylic acids is 2. The van der Waals surface area contributed by atoms with Crippen LogP contribution in [0.4, 0.5) is 5.82 Å². The molecule has 2 N–H and O–H groups in total. The van der Waals surface area contributed by atoms with Crippen molar-refractivity contribution in [2.75, 3.05) is 50.3 Å². The third-order valence-corrected chi connectivity index (χ3v) is 6.02. The zero-order chi connectivity index (χ0) is 18.5. The topological polar surface area (TPSA) is 90.7 Å². The van der Waals surface area contributed by atoms with Crippen LogP contribution in [0, 0.1) is 6.92 Å². The Balaban J connectivity index is 0.00000261. The number of likely N-dealkylation sites (tertiary alicyclic amines) is 1. The fourth-order valence-electron chi connectivity index (χ4n) is 3.33. The van der Waals surface area contributed by atoms with Gasteiger partial charge in [-0.05, 0) is 20.3 Å². The molecule has 0 bridgehead atoms. The van der Waals surface area contributed by atoms with E-state index in [9.17, 15) is 9.59 Å². The second-order valence-corrected chi connectivity index (χ2v) is 8.16. The van der Waals surface area contributed by atoms with Crippen LogP contribution in [-0.4, -0.2) is 83.1 Å². The lowest BCUT2D eigenvalue weighted by molar-refractivity contribution is -0.127. The Morgan fingerprint density at radius 2 is 2.15 bits per heavy atom. The Hall–Kier alpha value is -1.29. The number of anilines is 1. The van der Waals surface area contributed by atoms with Gasteiger partial charge in [-0.25, -0.2) is 0 Å². The Morgan fingerprint density at radius 3 is 2.81 bits per heavy atom. The van der Waals surface area contributed by atoms with Crippen LogP contribution < -0.4 is 10.6 Å². The first-order valence-corrected chi connectivity index (χ1v) is 10.2. The number of amides is 2. The van der Waals surface area contributed by atoms with Gasteiger partial charge in [-0.2, -0.15) is 0 Å². The summed E-state index contributed by atoms with van der Waals surface area (Å²) in [5.41, 5.74) is 0. The van der Waals surface area contributed by atoms with Crippen LogP contribution in [0.5, 0.6) is 0 Å². The van der Waals surface area contributed by atoms with E-state index in [1.807, 2.05) is 4.90 Å². The summed E-state index contributed by atoms with van der Waals surface area (Å²) < 4.78 is 4.93. The highest BCUT2D eigenvalue weighted by Crippen LogP contribution is 2.19. The number of aromatic nitrogens is 1. The first-order chi connectivity index (χ1) is 12.5. The fraction of sp³-hybridized carbons (Fsp3) is 0.706. The molecule has 27 heavy (non-hydrogen) atoms. The smallest absolute Gasteiger partial charge is 0.238 e. The zero-order valence-electron chi connectivity index (χ0n) is 15.8. The molecule has 0 radical (unpaired) electrons. The van der Waals surface area contributed by atoms with Gasteiger partial charge in [0, 0.05) is 51.4 Å². The molecule has 3 rings (SSSR count). The van der Waals surface area contributed by atoms with Crippen molar-refractivity contribution in [3.8, 4) is 0 Å². The summed E-state index contributed by atoms with van der Waals surface area (Å²) >= 11 is 1.36. The van der Waals surface area contributed by atoms with E-state index in [-0.39, 0.29) is 29.5 Å². The maximum absolute atomic E-state index is 12.5. The quantitative estimate of drug-likeness (QED) is 0.712. The number of nitrogens with one attached hydrogen (secondary N) is 2. The molecule has 0 spiro atoms. The molecule has 1 aromatic rings. The first kappa shape index (κ1) is 22.0. The van der Waals surface area contributed by atoms with Gasteiger partial charge in [0.25, 0.3) is 0 Å². The summed E-state index contributed by atoms with van der Waals surface area (Å²) in [6.07, 6.45) is 1.04. The molecular formula is C17H28ClN5O3S. The molecule has 2 amide bonds. The average Bonchev–Trinajstić information content (AvgIpc) is 3.29. The lowest BCUT2D eigenvalue weighted by Crippen LogP contribution is -2.49. The summed E-state index contributed by atoms with van der Waals surface area (Å²) in [6, 6.07) is 2.14. The van der Waals surface area contributed by atoms with Crippen molar-refractivity contribution in [3.63, 3.8) is 0 Å². The number of piperazine rings is 1. The van der Waals surface area contributed by atoms with E-state index >= 15 is 0 Å². The van der Waals surface area contributed by atoms with Crippen LogP contribution in [0.2, 0.25) is 0 Å². The summed E-state index contributed by atoms with van der Waals surface area (Å²) in [5, 5.41) is 9.48. The first-order valence-electron chi connectivity index (χ1n) is 9.11. The number of thioether (sulfide) groups is 1. The number of nitrogens with zero attached hydrogens (tertiary/aromatic N) is 3. The number of halogens is 1. The predicted molar refractivity (Wildman–Crippen MR) is 108 cm³/mol. The van der Waals surface area contributed by atoms with Crippen LogP contribution in [-0.2, 0) is 9.59 Å². The minimum Gasteiger partial charge on any atom is -0.360 e. The molecule has 0 aromatic carbocycles. The van der Waals surface area contributed by atoms with Gasteiger partial charge in [0.15, 0.2) is 5.82 Å². The Labute approximate surface area is 170 Å². The molecule has 2 saturated heterocycles. The molecular weight excluding hydrogens is 390 g/mol. The van der Waals surface area contributed by atoms with Crippen molar-refractivity contribution in [1.29, 1.82) is 0 Å². The van der Waals surface area contributed by atoms with Crippen molar-refractivity contribution >= 4 is 41.8 Å². The summed E-state index contributed by atoms with van der Waals surface area (Å²) in [7, 11) is 0. The van der Waals surface area contributed by atoms with E-state index in [1.54, 1.807) is 19.9 Å². The van der Waals surface area contributed by atoms with E-state index in [4.69, 9.17) is 4.52 Å². The number of carbonyl (C=O) groups is 2. The van der Waals surface area contributed by atoms with E-state index < -0.39 is 0 Å². The molecule has 152 valence electrons. The van der Waals surface area contributed by atoms with E-state index in [2.05, 4.69) is 20.7 Å². The molecule has 2 aliphatic rings. The van der Waals surface area contributed by atoms with Crippen molar-refractivity contribution in [3.05, 3.63) is 11.8 Å². The highest BCUT2D eigenvalue weighted by molar-refractivity contribution is 8.01. The number of aryl methyl sites for hydroxylation is 1. The molecule has 2 unspecified atom stereocenters. The highest BCUT2D eigenvalue weighted by Gasteiger charge is 2.31. The largest absolute Gasteiger partial charge is 0.360 e. The van der Waals surface area contributed by atoms with Gasteiger partial charge in [-0.3, -0.25) is 14.5 Å². The standard InChI is InChI=1S/C17H27N5O3S.ClH/c1-12-9-15(20-25-12)19-17(24)13(2)26-11-16(23)22-6-3-14(10-22)21-7-4-18-5-8-21;/h9,13-14,18H,3-8,10-11H2,1-2H3,(H,19,20,24);1H. The second-order valence-electron chi connectivity index (χ2n) is 6.83. The molecule has 3 heterocycles. The third-order valence-electron chi connectivity index (χ3n) is 4.89.